The molecule has 2 rings (SSSR count). The minimum Gasteiger partial charge on any atom is -0.355 e. The summed E-state index contributed by atoms with van der Waals surface area (Å²) in [5.74, 6) is -3.57. The van der Waals surface area contributed by atoms with Crippen molar-refractivity contribution < 1.29 is 26.8 Å². The van der Waals surface area contributed by atoms with E-state index in [2.05, 4.69) is 5.32 Å². The van der Waals surface area contributed by atoms with Gasteiger partial charge in [-0.25, -0.2) is 17.2 Å². The summed E-state index contributed by atoms with van der Waals surface area (Å²) in [6.45, 7) is 2.96. The maximum atomic E-state index is 13.8. The molecule has 1 unspecified atom stereocenters. The lowest BCUT2D eigenvalue weighted by Gasteiger charge is -2.32. The summed E-state index contributed by atoms with van der Waals surface area (Å²) in [5, 5.41) is 3.22. The van der Waals surface area contributed by atoms with E-state index < -0.39 is 46.1 Å². The summed E-state index contributed by atoms with van der Waals surface area (Å²) in [6, 6.07) is 6.29. The number of anilines is 1. The molecule has 0 aliphatic heterocycles. The minimum atomic E-state index is -4.07. The third-order valence-corrected chi connectivity index (χ3v) is 6.82. The lowest BCUT2D eigenvalue weighted by molar-refractivity contribution is -0.140. The molecule has 7 nitrogen and oxygen atoms in total. The first-order valence-corrected chi connectivity index (χ1v) is 12.9. The lowest BCUT2D eigenvalue weighted by Crippen LogP contribution is -2.52. The van der Waals surface area contributed by atoms with Crippen LogP contribution in [-0.2, 0) is 26.2 Å². The standard InChI is InChI=1S/C22H25Cl2F2N3O4S/c1-4-20(22(31)27-5-2)28(12-14-6-8-16(23)17(24)10-14)21(30)13-29(34(3,32)33)15-7-9-18(25)19(26)11-15/h6-11,20H,4-5,12-13H2,1-3H3,(H,27,31). The number of nitrogens with zero attached hydrogens (tertiary/aromatic N) is 2. The molecule has 2 aromatic rings. The second-order valence-electron chi connectivity index (χ2n) is 7.46. The first-order chi connectivity index (χ1) is 15.9. The van der Waals surface area contributed by atoms with Crippen LogP contribution in [0.15, 0.2) is 36.4 Å². The van der Waals surface area contributed by atoms with Crippen LogP contribution in [0.3, 0.4) is 0 Å². The van der Waals surface area contributed by atoms with Crippen LogP contribution < -0.4 is 9.62 Å². The van der Waals surface area contributed by atoms with E-state index in [1.165, 1.54) is 11.0 Å². The highest BCUT2D eigenvalue weighted by molar-refractivity contribution is 7.92. The average molecular weight is 536 g/mol. The van der Waals surface area contributed by atoms with Gasteiger partial charge in [-0.05, 0) is 43.2 Å². The molecule has 34 heavy (non-hydrogen) atoms. The van der Waals surface area contributed by atoms with Gasteiger partial charge in [-0.15, -0.1) is 0 Å². The van der Waals surface area contributed by atoms with Gasteiger partial charge >= 0.3 is 0 Å². The fraction of sp³-hybridized carbons (Fsp3) is 0.364. The van der Waals surface area contributed by atoms with Crippen molar-refractivity contribution in [1.82, 2.24) is 10.2 Å². The Morgan fingerprint density at radius 2 is 1.71 bits per heavy atom. The van der Waals surface area contributed by atoms with E-state index in [1.54, 1.807) is 26.0 Å². The van der Waals surface area contributed by atoms with Gasteiger partial charge in [0.25, 0.3) is 0 Å². The fourth-order valence-electron chi connectivity index (χ4n) is 3.30. The van der Waals surface area contributed by atoms with E-state index >= 15 is 0 Å². The van der Waals surface area contributed by atoms with E-state index in [0.29, 0.717) is 27.5 Å². The molecule has 0 aliphatic carbocycles. The smallest absolute Gasteiger partial charge is 0.244 e. The number of hydrogen-bond acceptors (Lipinski definition) is 4. The molecule has 0 saturated heterocycles. The number of hydrogen-bond donors (Lipinski definition) is 1. The number of nitrogens with one attached hydrogen (secondary N) is 1. The zero-order valence-corrected chi connectivity index (χ0v) is 21.1. The Bertz CT molecular complexity index is 1160. The van der Waals surface area contributed by atoms with E-state index in [0.717, 1.165) is 18.4 Å². The molecule has 0 spiro atoms. The quantitative estimate of drug-likeness (QED) is 0.498. The Labute approximate surface area is 207 Å². The zero-order chi connectivity index (χ0) is 25.6. The molecule has 186 valence electrons. The Morgan fingerprint density at radius 1 is 1.03 bits per heavy atom. The highest BCUT2D eigenvalue weighted by atomic mass is 35.5. The molecular weight excluding hydrogens is 511 g/mol. The topological polar surface area (TPSA) is 86.8 Å². The molecule has 12 heteroatoms. The third kappa shape index (κ3) is 7.04. The van der Waals surface area contributed by atoms with Crippen LogP contribution in [0.1, 0.15) is 25.8 Å². The average Bonchev–Trinajstić information content (AvgIpc) is 2.75. The van der Waals surface area contributed by atoms with E-state index in [4.69, 9.17) is 23.2 Å². The second kappa shape index (κ2) is 11.8. The minimum absolute atomic E-state index is 0.0687. The third-order valence-electron chi connectivity index (χ3n) is 4.94. The van der Waals surface area contributed by atoms with Crippen LogP contribution in [0.25, 0.3) is 0 Å². The predicted octanol–water partition coefficient (Wildman–Crippen LogP) is 3.98. The lowest BCUT2D eigenvalue weighted by atomic mass is 10.1. The van der Waals surface area contributed by atoms with Crippen LogP contribution in [0.4, 0.5) is 14.5 Å². The van der Waals surface area contributed by atoms with E-state index in [9.17, 15) is 26.8 Å². The fourth-order valence-corrected chi connectivity index (χ4v) is 4.46. The molecule has 0 bridgehead atoms. The van der Waals surface area contributed by atoms with Crippen LogP contribution in [0.5, 0.6) is 0 Å². The van der Waals surface area contributed by atoms with Crippen LogP contribution in [0, 0.1) is 11.6 Å². The van der Waals surface area contributed by atoms with Crippen molar-refractivity contribution in [2.75, 3.05) is 23.7 Å². The zero-order valence-electron chi connectivity index (χ0n) is 18.8. The Kier molecular flexibility index (Phi) is 9.66. The summed E-state index contributed by atoms with van der Waals surface area (Å²) in [6.07, 6.45) is 1.08. The molecule has 1 N–H and O–H groups in total. The van der Waals surface area contributed by atoms with Crippen LogP contribution in [0.2, 0.25) is 10.0 Å². The molecule has 0 heterocycles. The van der Waals surface area contributed by atoms with Crippen molar-refractivity contribution in [2.24, 2.45) is 0 Å². The van der Waals surface area contributed by atoms with Crippen LogP contribution >= 0.6 is 23.2 Å². The highest BCUT2D eigenvalue weighted by Gasteiger charge is 2.31. The van der Waals surface area contributed by atoms with Gasteiger partial charge in [0, 0.05) is 19.2 Å². The summed E-state index contributed by atoms with van der Waals surface area (Å²) in [4.78, 5) is 27.3. The van der Waals surface area contributed by atoms with Crippen molar-refractivity contribution in [3.63, 3.8) is 0 Å². The molecule has 0 aromatic heterocycles. The molecule has 2 amide bonds. The van der Waals surface area contributed by atoms with Gasteiger partial charge in [0.1, 0.15) is 12.6 Å². The van der Waals surface area contributed by atoms with Crippen molar-refractivity contribution in [2.45, 2.75) is 32.9 Å². The number of amides is 2. The second-order valence-corrected chi connectivity index (χ2v) is 10.2. The van der Waals surface area contributed by atoms with Gasteiger partial charge in [0.05, 0.1) is 22.0 Å². The Balaban J connectivity index is 2.47. The molecule has 0 saturated carbocycles. The predicted molar refractivity (Wildman–Crippen MR) is 128 cm³/mol. The van der Waals surface area contributed by atoms with Gasteiger partial charge in [0.15, 0.2) is 11.6 Å². The normalized spacial score (nSPS) is 12.2. The van der Waals surface area contributed by atoms with Crippen molar-refractivity contribution in [3.05, 3.63) is 63.6 Å². The number of carbonyl (C=O) groups excluding carboxylic acids is 2. The SMILES string of the molecule is CCNC(=O)C(CC)N(Cc1ccc(Cl)c(Cl)c1)C(=O)CN(c1ccc(F)c(F)c1)S(C)(=O)=O. The largest absolute Gasteiger partial charge is 0.355 e. The summed E-state index contributed by atoms with van der Waals surface area (Å²) in [5.41, 5.74) is 0.333. The summed E-state index contributed by atoms with van der Waals surface area (Å²) in [7, 11) is -4.07. The van der Waals surface area contributed by atoms with Crippen molar-refractivity contribution in [3.8, 4) is 0 Å². The van der Waals surface area contributed by atoms with Crippen molar-refractivity contribution >= 4 is 50.7 Å². The number of rotatable bonds is 10. The van der Waals surface area contributed by atoms with Gasteiger partial charge in [-0.2, -0.15) is 0 Å². The number of benzene rings is 2. The monoisotopic (exact) mass is 535 g/mol. The summed E-state index contributed by atoms with van der Waals surface area (Å²) < 4.78 is 52.7. The molecule has 0 fully saturated rings. The molecule has 0 aliphatic rings. The molecule has 1 atom stereocenters. The number of halogens is 4. The van der Waals surface area contributed by atoms with Gasteiger partial charge in [-0.1, -0.05) is 36.2 Å². The van der Waals surface area contributed by atoms with Gasteiger partial charge in [0.2, 0.25) is 21.8 Å². The first kappa shape index (κ1) is 27.8. The van der Waals surface area contributed by atoms with Gasteiger partial charge < -0.3 is 10.2 Å². The maximum Gasteiger partial charge on any atom is 0.244 e. The van der Waals surface area contributed by atoms with E-state index in [1.807, 2.05) is 0 Å². The number of sulfonamides is 1. The molecular formula is C22H25Cl2F2N3O4S. The van der Waals surface area contributed by atoms with Crippen LogP contribution in [-0.4, -0.2) is 50.5 Å². The summed E-state index contributed by atoms with van der Waals surface area (Å²) >= 11 is 12.1. The van der Waals surface area contributed by atoms with Crippen molar-refractivity contribution in [1.29, 1.82) is 0 Å². The first-order valence-electron chi connectivity index (χ1n) is 10.3. The Hall–Kier alpha value is -2.43. The Morgan fingerprint density at radius 3 is 2.24 bits per heavy atom. The number of likely N-dealkylation sites (N-methyl/N-ethyl adjacent to an activating group) is 1. The molecule has 0 radical (unpaired) electrons. The molecule has 2 aromatic carbocycles. The van der Waals surface area contributed by atoms with Gasteiger partial charge in [-0.3, -0.25) is 13.9 Å². The van der Waals surface area contributed by atoms with E-state index in [-0.39, 0.29) is 23.7 Å². The maximum absolute atomic E-state index is 13.8. The highest BCUT2D eigenvalue weighted by Crippen LogP contribution is 2.25. The number of carbonyl (C=O) groups is 2.